The highest BCUT2D eigenvalue weighted by molar-refractivity contribution is 5.98. The maximum absolute atomic E-state index is 12.6. The van der Waals surface area contributed by atoms with Crippen molar-refractivity contribution in [1.82, 2.24) is 5.32 Å². The molecule has 0 spiro atoms. The van der Waals surface area contributed by atoms with Crippen molar-refractivity contribution >= 4 is 23.2 Å². The van der Waals surface area contributed by atoms with Crippen LogP contribution in [0.25, 0.3) is 0 Å². The average Bonchev–Trinajstić information content (AvgIpc) is 2.67. The minimum atomic E-state index is -0.0489. The molecule has 0 bridgehead atoms. The fourth-order valence-electron chi connectivity index (χ4n) is 3.74. The topological polar surface area (TPSA) is 61.4 Å². The Balaban J connectivity index is 1.71. The number of fused-ring (bicyclic) bond motifs is 1. The van der Waals surface area contributed by atoms with E-state index >= 15 is 0 Å². The number of amides is 2. The summed E-state index contributed by atoms with van der Waals surface area (Å²) in [7, 11) is 0. The van der Waals surface area contributed by atoms with E-state index in [2.05, 4.69) is 41.5 Å². The zero-order valence-corrected chi connectivity index (χ0v) is 17.8. The van der Waals surface area contributed by atoms with Crippen molar-refractivity contribution in [3.8, 4) is 0 Å². The molecule has 5 nitrogen and oxygen atoms in total. The first-order valence-electron chi connectivity index (χ1n) is 10.4. The Kier molecular flexibility index (Phi) is 6.57. The first-order valence-corrected chi connectivity index (χ1v) is 10.4. The molecule has 0 unspecified atom stereocenters. The number of anilines is 2. The monoisotopic (exact) mass is 393 g/mol. The maximum atomic E-state index is 12.6. The lowest BCUT2D eigenvalue weighted by molar-refractivity contribution is -0.115. The van der Waals surface area contributed by atoms with Crippen LogP contribution in [0.4, 0.5) is 11.4 Å². The van der Waals surface area contributed by atoms with Gasteiger partial charge in [-0.15, -0.1) is 0 Å². The first kappa shape index (κ1) is 20.9. The molecule has 2 aromatic carbocycles. The molecule has 2 N–H and O–H groups in total. The third-order valence-electron chi connectivity index (χ3n) is 5.21. The van der Waals surface area contributed by atoms with E-state index in [1.54, 1.807) is 0 Å². The molecule has 5 heteroatoms. The summed E-state index contributed by atoms with van der Waals surface area (Å²) in [5, 5.41) is 5.96. The Bertz CT molecular complexity index is 872. The number of nitrogens with one attached hydrogen (secondary N) is 2. The molecule has 0 radical (unpaired) electrons. The number of carbonyl (C=O) groups is 2. The van der Waals surface area contributed by atoms with Gasteiger partial charge < -0.3 is 15.5 Å². The van der Waals surface area contributed by atoms with Crippen LogP contribution in [0.3, 0.4) is 0 Å². The lowest BCUT2D eigenvalue weighted by Gasteiger charge is -2.32. The van der Waals surface area contributed by atoms with Gasteiger partial charge in [-0.3, -0.25) is 9.59 Å². The SMILES string of the molecule is CC(C)NC(=O)c1cccc2c1CCCN2CC(=O)Nc1ccc(C(C)C)cc1. The van der Waals surface area contributed by atoms with Gasteiger partial charge in [0.15, 0.2) is 0 Å². The Labute approximate surface area is 173 Å². The number of hydrogen-bond acceptors (Lipinski definition) is 3. The van der Waals surface area contributed by atoms with Gasteiger partial charge in [0.2, 0.25) is 5.91 Å². The second kappa shape index (κ2) is 9.12. The third-order valence-corrected chi connectivity index (χ3v) is 5.21. The molecular formula is C24H31N3O2. The van der Waals surface area contributed by atoms with Gasteiger partial charge in [0, 0.05) is 29.5 Å². The van der Waals surface area contributed by atoms with E-state index in [-0.39, 0.29) is 24.4 Å². The van der Waals surface area contributed by atoms with Crippen LogP contribution in [-0.4, -0.2) is 30.9 Å². The van der Waals surface area contributed by atoms with Crippen LogP contribution in [-0.2, 0) is 11.2 Å². The minimum absolute atomic E-state index is 0.0478. The quantitative estimate of drug-likeness (QED) is 0.767. The largest absolute Gasteiger partial charge is 0.362 e. The van der Waals surface area contributed by atoms with Gasteiger partial charge in [0.1, 0.15) is 0 Å². The predicted molar refractivity (Wildman–Crippen MR) is 119 cm³/mol. The van der Waals surface area contributed by atoms with Crippen LogP contribution in [0.5, 0.6) is 0 Å². The Morgan fingerprint density at radius 3 is 2.41 bits per heavy atom. The van der Waals surface area contributed by atoms with Gasteiger partial charge in [-0.05, 0) is 68.0 Å². The number of hydrogen-bond donors (Lipinski definition) is 2. The molecule has 0 saturated carbocycles. The summed E-state index contributed by atoms with van der Waals surface area (Å²) in [6.07, 6.45) is 1.78. The second-order valence-corrected chi connectivity index (χ2v) is 8.28. The van der Waals surface area contributed by atoms with Gasteiger partial charge in [-0.25, -0.2) is 0 Å². The zero-order valence-electron chi connectivity index (χ0n) is 17.8. The number of carbonyl (C=O) groups excluding carboxylic acids is 2. The Morgan fingerprint density at radius 1 is 1.03 bits per heavy atom. The van der Waals surface area contributed by atoms with Crippen molar-refractivity contribution in [3.63, 3.8) is 0 Å². The minimum Gasteiger partial charge on any atom is -0.362 e. The lowest BCUT2D eigenvalue weighted by Crippen LogP contribution is -2.38. The zero-order chi connectivity index (χ0) is 21.0. The second-order valence-electron chi connectivity index (χ2n) is 8.28. The van der Waals surface area contributed by atoms with Gasteiger partial charge in [-0.1, -0.05) is 32.0 Å². The molecule has 2 aromatic rings. The summed E-state index contributed by atoms with van der Waals surface area (Å²) in [6.45, 7) is 9.29. The summed E-state index contributed by atoms with van der Waals surface area (Å²) in [4.78, 5) is 27.3. The highest BCUT2D eigenvalue weighted by Gasteiger charge is 2.23. The van der Waals surface area contributed by atoms with Crippen LogP contribution in [0, 0.1) is 0 Å². The van der Waals surface area contributed by atoms with Gasteiger partial charge in [0.05, 0.1) is 6.54 Å². The van der Waals surface area contributed by atoms with Crippen LogP contribution in [0.1, 0.15) is 61.5 Å². The molecule has 1 aliphatic heterocycles. The van der Waals surface area contributed by atoms with Crippen LogP contribution >= 0.6 is 0 Å². The van der Waals surface area contributed by atoms with E-state index in [1.165, 1.54) is 5.56 Å². The molecule has 154 valence electrons. The Morgan fingerprint density at radius 2 is 1.76 bits per heavy atom. The van der Waals surface area contributed by atoms with Gasteiger partial charge >= 0.3 is 0 Å². The van der Waals surface area contributed by atoms with E-state index in [1.807, 2.05) is 44.2 Å². The average molecular weight is 394 g/mol. The summed E-state index contributed by atoms with van der Waals surface area (Å²) in [5.74, 6) is 0.368. The molecule has 0 aliphatic carbocycles. The third kappa shape index (κ3) is 5.17. The smallest absolute Gasteiger partial charge is 0.251 e. The number of nitrogens with zero attached hydrogens (tertiary/aromatic N) is 1. The summed E-state index contributed by atoms with van der Waals surface area (Å²) in [6, 6.07) is 13.9. The number of rotatable bonds is 6. The fraction of sp³-hybridized carbons (Fsp3) is 0.417. The molecule has 0 fully saturated rings. The van der Waals surface area contributed by atoms with E-state index in [4.69, 9.17) is 0 Å². The van der Waals surface area contributed by atoms with Crippen molar-refractivity contribution in [3.05, 3.63) is 59.2 Å². The summed E-state index contributed by atoms with van der Waals surface area (Å²) >= 11 is 0. The van der Waals surface area contributed by atoms with Crippen molar-refractivity contribution in [1.29, 1.82) is 0 Å². The van der Waals surface area contributed by atoms with Gasteiger partial charge in [0.25, 0.3) is 5.91 Å². The summed E-state index contributed by atoms with van der Waals surface area (Å²) in [5.41, 5.74) is 4.79. The molecule has 3 rings (SSSR count). The highest BCUT2D eigenvalue weighted by Crippen LogP contribution is 2.30. The first-order chi connectivity index (χ1) is 13.8. The lowest BCUT2D eigenvalue weighted by atomic mass is 9.95. The van der Waals surface area contributed by atoms with E-state index in [0.29, 0.717) is 11.5 Å². The molecule has 0 atom stereocenters. The summed E-state index contributed by atoms with van der Waals surface area (Å²) < 4.78 is 0. The molecule has 1 heterocycles. The standard InChI is InChI=1S/C24H31N3O2/c1-16(2)18-10-12-19(13-11-18)26-23(28)15-27-14-6-8-20-21(7-5-9-22(20)27)24(29)25-17(3)4/h5,7,9-13,16-17H,6,8,14-15H2,1-4H3,(H,25,29)(H,26,28). The fourth-order valence-corrected chi connectivity index (χ4v) is 3.74. The van der Waals surface area contributed by atoms with Crippen LogP contribution in [0.2, 0.25) is 0 Å². The van der Waals surface area contributed by atoms with Crippen molar-refractivity contribution < 1.29 is 9.59 Å². The normalized spacial score (nSPS) is 13.4. The molecule has 2 amide bonds. The molecule has 0 aromatic heterocycles. The highest BCUT2D eigenvalue weighted by atomic mass is 16.2. The van der Waals surface area contributed by atoms with Crippen molar-refractivity contribution in [2.45, 2.75) is 52.5 Å². The van der Waals surface area contributed by atoms with Crippen molar-refractivity contribution in [2.24, 2.45) is 0 Å². The van der Waals surface area contributed by atoms with Crippen molar-refractivity contribution in [2.75, 3.05) is 23.3 Å². The van der Waals surface area contributed by atoms with E-state index < -0.39 is 0 Å². The maximum Gasteiger partial charge on any atom is 0.251 e. The van der Waals surface area contributed by atoms with Gasteiger partial charge in [-0.2, -0.15) is 0 Å². The predicted octanol–water partition coefficient (Wildman–Crippen LogP) is 4.34. The van der Waals surface area contributed by atoms with Crippen LogP contribution < -0.4 is 15.5 Å². The Hall–Kier alpha value is -2.82. The van der Waals surface area contributed by atoms with E-state index in [9.17, 15) is 9.59 Å². The molecule has 1 aliphatic rings. The van der Waals surface area contributed by atoms with E-state index in [0.717, 1.165) is 36.3 Å². The molecular weight excluding hydrogens is 362 g/mol. The molecule has 29 heavy (non-hydrogen) atoms. The van der Waals surface area contributed by atoms with Crippen LogP contribution in [0.15, 0.2) is 42.5 Å². The molecule has 0 saturated heterocycles. The number of benzene rings is 2.